The van der Waals surface area contributed by atoms with Crippen LogP contribution >= 0.6 is 0 Å². The molecule has 0 spiro atoms. The highest BCUT2D eigenvalue weighted by Gasteiger charge is 2.31. The van der Waals surface area contributed by atoms with Gasteiger partial charge in [-0.25, -0.2) is 9.59 Å². The zero-order valence-corrected chi connectivity index (χ0v) is 10.8. The molecule has 8 nitrogen and oxygen atoms in total. The molecule has 106 valence electrons. The predicted octanol–water partition coefficient (Wildman–Crippen LogP) is -0.846. The summed E-state index contributed by atoms with van der Waals surface area (Å²) in [5.74, 6) is -2.22. The van der Waals surface area contributed by atoms with E-state index in [1.54, 1.807) is 0 Å². The van der Waals surface area contributed by atoms with Crippen LogP contribution in [0.4, 0.5) is 4.79 Å². The Bertz CT molecular complexity index is 391. The van der Waals surface area contributed by atoms with Gasteiger partial charge in [0.25, 0.3) is 5.91 Å². The Morgan fingerprint density at radius 2 is 2.05 bits per heavy atom. The molecule has 0 saturated carbocycles. The number of urea groups is 1. The minimum absolute atomic E-state index is 0.0955. The number of carboxylic acids is 1. The van der Waals surface area contributed by atoms with Crippen molar-refractivity contribution in [2.75, 3.05) is 13.1 Å². The summed E-state index contributed by atoms with van der Waals surface area (Å²) in [6.45, 7) is 3.06. The average Bonchev–Trinajstić information content (AvgIpc) is 2.59. The Kier molecular flexibility index (Phi) is 4.85. The number of hydrogen-bond acceptors (Lipinski definition) is 4. The molecule has 0 bridgehead atoms. The first-order valence-corrected chi connectivity index (χ1v) is 5.91. The van der Waals surface area contributed by atoms with E-state index in [0.717, 1.165) is 4.90 Å². The normalized spacial score (nSPS) is 16.5. The Labute approximate surface area is 110 Å². The first-order chi connectivity index (χ1) is 8.81. The van der Waals surface area contributed by atoms with E-state index in [-0.39, 0.29) is 18.9 Å². The molecule has 1 unspecified atom stereocenters. The topological polar surface area (TPSA) is 116 Å². The van der Waals surface area contributed by atoms with Gasteiger partial charge in [0.05, 0.1) is 6.54 Å². The van der Waals surface area contributed by atoms with Crippen molar-refractivity contribution >= 4 is 23.8 Å². The van der Waals surface area contributed by atoms with Crippen LogP contribution in [-0.2, 0) is 14.4 Å². The van der Waals surface area contributed by atoms with Crippen molar-refractivity contribution in [3.63, 3.8) is 0 Å². The smallest absolute Gasteiger partial charge is 0.326 e. The quantitative estimate of drug-likeness (QED) is 0.544. The third-order valence-corrected chi connectivity index (χ3v) is 2.58. The minimum atomic E-state index is -1.14. The van der Waals surface area contributed by atoms with Gasteiger partial charge in [0.1, 0.15) is 12.6 Å². The number of carbonyl (C=O) groups is 4. The van der Waals surface area contributed by atoms with Crippen LogP contribution in [0.5, 0.6) is 0 Å². The summed E-state index contributed by atoms with van der Waals surface area (Å²) in [6, 6.07) is -1.66. The van der Waals surface area contributed by atoms with Gasteiger partial charge < -0.3 is 15.7 Å². The fourth-order valence-corrected chi connectivity index (χ4v) is 1.69. The molecule has 1 atom stereocenters. The summed E-state index contributed by atoms with van der Waals surface area (Å²) in [5.41, 5.74) is 0. The zero-order valence-electron chi connectivity index (χ0n) is 10.8. The van der Waals surface area contributed by atoms with Crippen LogP contribution in [0.15, 0.2) is 0 Å². The van der Waals surface area contributed by atoms with Gasteiger partial charge in [-0.15, -0.1) is 0 Å². The number of imide groups is 1. The number of hydrogen-bond donors (Lipinski definition) is 3. The number of carboxylic acid groups (broad SMARTS) is 1. The fraction of sp³-hybridized carbons (Fsp3) is 0.636. The van der Waals surface area contributed by atoms with Crippen LogP contribution in [0.2, 0.25) is 0 Å². The molecule has 1 aliphatic rings. The number of nitrogens with one attached hydrogen (secondary N) is 2. The molecule has 4 amide bonds. The largest absolute Gasteiger partial charge is 0.480 e. The standard InChI is InChI=1S/C11H17N3O5/c1-6(2)3-7(10(17)18)13-8(15)5-14-9(16)4-12-11(14)19/h6-7H,3-5H2,1-2H3,(H,12,19)(H,13,15)(H,17,18). The summed E-state index contributed by atoms with van der Waals surface area (Å²) in [5, 5.41) is 13.5. The summed E-state index contributed by atoms with van der Waals surface area (Å²) in [7, 11) is 0. The number of aliphatic carboxylic acids is 1. The second-order valence-corrected chi connectivity index (χ2v) is 4.73. The van der Waals surface area contributed by atoms with Gasteiger partial charge in [0.15, 0.2) is 0 Å². The highest BCUT2D eigenvalue weighted by molar-refractivity contribution is 6.04. The van der Waals surface area contributed by atoms with E-state index >= 15 is 0 Å². The molecule has 0 aromatic rings. The molecule has 0 radical (unpaired) electrons. The lowest BCUT2D eigenvalue weighted by atomic mass is 10.0. The van der Waals surface area contributed by atoms with E-state index in [9.17, 15) is 19.2 Å². The molecule has 0 aliphatic carbocycles. The average molecular weight is 271 g/mol. The highest BCUT2D eigenvalue weighted by atomic mass is 16.4. The molecule has 0 aromatic heterocycles. The van der Waals surface area contributed by atoms with Crippen LogP contribution in [0.25, 0.3) is 0 Å². The molecule has 0 aromatic carbocycles. The maximum absolute atomic E-state index is 11.6. The Morgan fingerprint density at radius 1 is 1.42 bits per heavy atom. The van der Waals surface area contributed by atoms with Crippen LogP contribution in [0, 0.1) is 5.92 Å². The molecule has 8 heteroatoms. The molecule has 3 N–H and O–H groups in total. The van der Waals surface area contributed by atoms with Crippen molar-refractivity contribution in [2.24, 2.45) is 5.92 Å². The van der Waals surface area contributed by atoms with Crippen LogP contribution in [0.3, 0.4) is 0 Å². The maximum Gasteiger partial charge on any atom is 0.326 e. The van der Waals surface area contributed by atoms with Crippen molar-refractivity contribution in [3.05, 3.63) is 0 Å². The van der Waals surface area contributed by atoms with E-state index in [0.29, 0.717) is 0 Å². The van der Waals surface area contributed by atoms with Crippen molar-refractivity contribution in [2.45, 2.75) is 26.3 Å². The number of nitrogens with zero attached hydrogens (tertiary/aromatic N) is 1. The van der Waals surface area contributed by atoms with Crippen molar-refractivity contribution in [1.82, 2.24) is 15.5 Å². The summed E-state index contributed by atoms with van der Waals surface area (Å²) < 4.78 is 0. The zero-order chi connectivity index (χ0) is 14.6. The van der Waals surface area contributed by atoms with E-state index in [2.05, 4.69) is 10.6 Å². The SMILES string of the molecule is CC(C)CC(NC(=O)CN1C(=O)CNC1=O)C(=O)O. The fourth-order valence-electron chi connectivity index (χ4n) is 1.69. The van der Waals surface area contributed by atoms with Crippen molar-refractivity contribution < 1.29 is 24.3 Å². The molecule has 1 rings (SSSR count). The summed E-state index contributed by atoms with van der Waals surface area (Å²) >= 11 is 0. The monoisotopic (exact) mass is 271 g/mol. The Morgan fingerprint density at radius 3 is 2.47 bits per heavy atom. The second-order valence-electron chi connectivity index (χ2n) is 4.73. The number of carbonyl (C=O) groups excluding carboxylic acids is 3. The first-order valence-electron chi connectivity index (χ1n) is 5.91. The Hall–Kier alpha value is -2.12. The van der Waals surface area contributed by atoms with E-state index in [4.69, 9.17) is 5.11 Å². The van der Waals surface area contributed by atoms with Crippen LogP contribution in [0.1, 0.15) is 20.3 Å². The third kappa shape index (κ3) is 4.23. The molecular weight excluding hydrogens is 254 g/mol. The highest BCUT2D eigenvalue weighted by Crippen LogP contribution is 2.05. The molecule has 19 heavy (non-hydrogen) atoms. The van der Waals surface area contributed by atoms with Crippen molar-refractivity contribution in [1.29, 1.82) is 0 Å². The van der Waals surface area contributed by atoms with Gasteiger partial charge in [0, 0.05) is 0 Å². The molecule has 1 fully saturated rings. The molecule has 1 heterocycles. The number of rotatable bonds is 6. The van der Waals surface area contributed by atoms with E-state index in [1.165, 1.54) is 0 Å². The van der Waals surface area contributed by atoms with E-state index < -0.39 is 36.4 Å². The maximum atomic E-state index is 11.6. The first kappa shape index (κ1) is 14.9. The van der Waals surface area contributed by atoms with Gasteiger partial charge in [-0.3, -0.25) is 14.5 Å². The lowest BCUT2D eigenvalue weighted by Crippen LogP contribution is -2.47. The van der Waals surface area contributed by atoms with Crippen LogP contribution < -0.4 is 10.6 Å². The minimum Gasteiger partial charge on any atom is -0.480 e. The van der Waals surface area contributed by atoms with Gasteiger partial charge >= 0.3 is 12.0 Å². The lowest BCUT2D eigenvalue weighted by molar-refractivity contribution is -0.142. The third-order valence-electron chi connectivity index (χ3n) is 2.58. The van der Waals surface area contributed by atoms with Gasteiger partial charge in [-0.05, 0) is 12.3 Å². The molecule has 1 aliphatic heterocycles. The predicted molar refractivity (Wildman–Crippen MR) is 64.1 cm³/mol. The van der Waals surface area contributed by atoms with Crippen LogP contribution in [-0.4, -0.2) is 53.0 Å². The summed E-state index contributed by atoms with van der Waals surface area (Å²) in [4.78, 5) is 45.8. The molecular formula is C11H17N3O5. The molecule has 1 saturated heterocycles. The van der Waals surface area contributed by atoms with Gasteiger partial charge in [-0.2, -0.15) is 0 Å². The number of amides is 4. The lowest BCUT2D eigenvalue weighted by Gasteiger charge is -2.18. The van der Waals surface area contributed by atoms with Crippen molar-refractivity contribution in [3.8, 4) is 0 Å². The van der Waals surface area contributed by atoms with Gasteiger partial charge in [0.2, 0.25) is 5.91 Å². The van der Waals surface area contributed by atoms with E-state index in [1.807, 2.05) is 13.8 Å². The summed E-state index contributed by atoms with van der Waals surface area (Å²) in [6.07, 6.45) is 0.279. The second kappa shape index (κ2) is 6.17. The van der Waals surface area contributed by atoms with Gasteiger partial charge in [-0.1, -0.05) is 13.8 Å². The Balaban J connectivity index is 2.55.